The predicted molar refractivity (Wildman–Crippen MR) is 51.8 cm³/mol. The average Bonchev–Trinajstić information content (AvgIpc) is 2.20. The predicted octanol–water partition coefficient (Wildman–Crippen LogP) is 1.06. The van der Waals surface area contributed by atoms with Crippen LogP contribution in [-0.4, -0.2) is 30.1 Å². The van der Waals surface area contributed by atoms with Crippen LogP contribution in [0.1, 0.15) is 39.0 Å². The lowest BCUT2D eigenvalue weighted by molar-refractivity contribution is -0.137. The third-order valence-electron chi connectivity index (χ3n) is 2.23. The minimum absolute atomic E-state index is 0.245. The zero-order valence-electron chi connectivity index (χ0n) is 8.78. The molecule has 0 atom stereocenters. The van der Waals surface area contributed by atoms with Crippen LogP contribution in [0.15, 0.2) is 0 Å². The van der Waals surface area contributed by atoms with E-state index in [0.29, 0.717) is 19.1 Å². The number of aldehydes is 1. The first-order chi connectivity index (χ1) is 6.54. The van der Waals surface area contributed by atoms with Crippen molar-refractivity contribution in [2.45, 2.75) is 44.6 Å². The van der Waals surface area contributed by atoms with E-state index in [2.05, 4.69) is 4.74 Å². The molecular weight excluding hydrogens is 184 g/mol. The Bertz CT molecular complexity index is 183. The molecule has 14 heavy (non-hydrogen) atoms. The Hall–Kier alpha value is -0.900. The van der Waals surface area contributed by atoms with E-state index in [1.807, 2.05) is 0 Å². The molecular formula is C10H18O4. The zero-order valence-corrected chi connectivity index (χ0v) is 8.78. The van der Waals surface area contributed by atoms with Crippen LogP contribution in [0.25, 0.3) is 0 Å². The number of methoxy groups -OCH3 is 1. The SMILES string of the molecule is COC(C)=O.O=CC1(O)CCCCC1. The highest BCUT2D eigenvalue weighted by Gasteiger charge is 2.27. The number of rotatable bonds is 1. The molecule has 0 aliphatic heterocycles. The lowest BCUT2D eigenvalue weighted by atomic mass is 9.86. The van der Waals surface area contributed by atoms with E-state index in [1.165, 1.54) is 14.0 Å². The molecule has 0 aromatic carbocycles. The van der Waals surface area contributed by atoms with Crippen molar-refractivity contribution < 1.29 is 19.4 Å². The van der Waals surface area contributed by atoms with Crippen LogP contribution in [0, 0.1) is 0 Å². The summed E-state index contributed by atoms with van der Waals surface area (Å²) in [6.45, 7) is 1.36. The lowest BCUT2D eigenvalue weighted by Crippen LogP contribution is -2.32. The molecule has 4 heteroatoms. The van der Waals surface area contributed by atoms with Crippen LogP contribution in [0.4, 0.5) is 0 Å². The molecule has 1 N–H and O–H groups in total. The highest BCUT2D eigenvalue weighted by molar-refractivity contribution is 5.65. The van der Waals surface area contributed by atoms with Gasteiger partial charge in [-0.2, -0.15) is 0 Å². The Morgan fingerprint density at radius 3 is 2.00 bits per heavy atom. The molecule has 0 unspecified atom stereocenters. The molecule has 1 rings (SSSR count). The second-order valence-electron chi connectivity index (χ2n) is 3.48. The first-order valence-corrected chi connectivity index (χ1v) is 4.77. The number of esters is 1. The number of ether oxygens (including phenoxy) is 1. The topological polar surface area (TPSA) is 63.6 Å². The molecule has 1 aliphatic rings. The fourth-order valence-corrected chi connectivity index (χ4v) is 1.28. The van der Waals surface area contributed by atoms with Gasteiger partial charge in [-0.3, -0.25) is 4.79 Å². The highest BCUT2D eigenvalue weighted by atomic mass is 16.5. The molecule has 0 aromatic heterocycles. The van der Waals surface area contributed by atoms with Gasteiger partial charge in [-0.15, -0.1) is 0 Å². The summed E-state index contributed by atoms with van der Waals surface area (Å²) in [6.07, 6.45) is 5.17. The average molecular weight is 202 g/mol. The minimum Gasteiger partial charge on any atom is -0.469 e. The fraction of sp³-hybridized carbons (Fsp3) is 0.800. The molecule has 0 heterocycles. The quantitative estimate of drug-likeness (QED) is 0.510. The van der Waals surface area contributed by atoms with Crippen molar-refractivity contribution in [3.63, 3.8) is 0 Å². The molecule has 0 radical (unpaired) electrons. The van der Waals surface area contributed by atoms with Crippen molar-refractivity contribution in [2.75, 3.05) is 7.11 Å². The number of aliphatic hydroxyl groups is 1. The van der Waals surface area contributed by atoms with Gasteiger partial charge in [-0.1, -0.05) is 19.3 Å². The standard InChI is InChI=1S/C7H12O2.C3H6O2/c8-6-7(9)4-2-1-3-5-7;1-3(4)5-2/h6,9H,1-5H2;1-2H3. The Morgan fingerprint density at radius 2 is 1.79 bits per heavy atom. The second kappa shape index (κ2) is 6.54. The largest absolute Gasteiger partial charge is 0.469 e. The van der Waals surface area contributed by atoms with Crippen molar-refractivity contribution in [3.05, 3.63) is 0 Å². The van der Waals surface area contributed by atoms with E-state index in [0.717, 1.165) is 19.3 Å². The van der Waals surface area contributed by atoms with Crippen LogP contribution in [0.3, 0.4) is 0 Å². The van der Waals surface area contributed by atoms with Gasteiger partial charge >= 0.3 is 5.97 Å². The summed E-state index contributed by atoms with van der Waals surface area (Å²) in [5, 5.41) is 9.31. The van der Waals surface area contributed by atoms with E-state index in [4.69, 9.17) is 0 Å². The van der Waals surface area contributed by atoms with E-state index >= 15 is 0 Å². The van der Waals surface area contributed by atoms with Gasteiger partial charge in [-0.25, -0.2) is 0 Å². The summed E-state index contributed by atoms with van der Waals surface area (Å²) in [4.78, 5) is 19.8. The molecule has 0 amide bonds. The maximum Gasteiger partial charge on any atom is 0.302 e. The summed E-state index contributed by atoms with van der Waals surface area (Å²) in [6, 6.07) is 0. The Balaban J connectivity index is 0.000000292. The van der Waals surface area contributed by atoms with Gasteiger partial charge in [0.2, 0.25) is 0 Å². The van der Waals surface area contributed by atoms with Crippen LogP contribution in [0.2, 0.25) is 0 Å². The van der Waals surface area contributed by atoms with Crippen LogP contribution < -0.4 is 0 Å². The van der Waals surface area contributed by atoms with E-state index in [-0.39, 0.29) is 5.97 Å². The maximum absolute atomic E-state index is 10.2. The number of carbonyl (C=O) groups excluding carboxylic acids is 2. The minimum atomic E-state index is -0.960. The van der Waals surface area contributed by atoms with E-state index in [9.17, 15) is 14.7 Å². The molecule has 82 valence electrons. The van der Waals surface area contributed by atoms with Gasteiger partial charge in [0.25, 0.3) is 0 Å². The van der Waals surface area contributed by atoms with Gasteiger partial charge in [0.1, 0.15) is 5.60 Å². The summed E-state index contributed by atoms with van der Waals surface area (Å²) in [5.41, 5.74) is -0.960. The van der Waals surface area contributed by atoms with Crippen LogP contribution in [-0.2, 0) is 14.3 Å². The summed E-state index contributed by atoms with van der Waals surface area (Å²) in [5.74, 6) is -0.245. The Kier molecular flexibility index (Phi) is 6.12. The molecule has 1 saturated carbocycles. The number of hydrogen-bond donors (Lipinski definition) is 1. The lowest BCUT2D eigenvalue weighted by Gasteiger charge is -2.25. The van der Waals surface area contributed by atoms with E-state index in [1.54, 1.807) is 0 Å². The Morgan fingerprint density at radius 1 is 1.36 bits per heavy atom. The summed E-state index contributed by atoms with van der Waals surface area (Å²) < 4.78 is 4.11. The third kappa shape index (κ3) is 5.70. The van der Waals surface area contributed by atoms with Crippen LogP contribution >= 0.6 is 0 Å². The first kappa shape index (κ1) is 13.1. The van der Waals surface area contributed by atoms with Gasteiger partial charge in [-0.05, 0) is 12.8 Å². The van der Waals surface area contributed by atoms with Gasteiger partial charge in [0.15, 0.2) is 6.29 Å². The van der Waals surface area contributed by atoms with Crippen molar-refractivity contribution in [3.8, 4) is 0 Å². The maximum atomic E-state index is 10.2. The smallest absolute Gasteiger partial charge is 0.302 e. The normalized spacial score (nSPS) is 18.8. The van der Waals surface area contributed by atoms with Crippen molar-refractivity contribution in [1.82, 2.24) is 0 Å². The Labute approximate surface area is 84.3 Å². The number of carbonyl (C=O) groups is 2. The van der Waals surface area contributed by atoms with Crippen molar-refractivity contribution in [1.29, 1.82) is 0 Å². The number of hydrogen-bond acceptors (Lipinski definition) is 4. The van der Waals surface area contributed by atoms with Crippen molar-refractivity contribution in [2.24, 2.45) is 0 Å². The highest BCUT2D eigenvalue weighted by Crippen LogP contribution is 2.25. The molecule has 0 saturated heterocycles. The van der Waals surface area contributed by atoms with Crippen LogP contribution in [0.5, 0.6) is 0 Å². The summed E-state index contributed by atoms with van der Waals surface area (Å²) in [7, 11) is 1.35. The van der Waals surface area contributed by atoms with Gasteiger partial charge < -0.3 is 14.6 Å². The molecule has 0 bridgehead atoms. The summed E-state index contributed by atoms with van der Waals surface area (Å²) >= 11 is 0. The molecule has 0 spiro atoms. The van der Waals surface area contributed by atoms with Crippen molar-refractivity contribution >= 4 is 12.3 Å². The van der Waals surface area contributed by atoms with Gasteiger partial charge in [0.05, 0.1) is 7.11 Å². The monoisotopic (exact) mass is 202 g/mol. The third-order valence-corrected chi connectivity index (χ3v) is 2.23. The molecule has 0 aromatic rings. The molecule has 1 aliphatic carbocycles. The van der Waals surface area contributed by atoms with Gasteiger partial charge in [0, 0.05) is 6.92 Å². The zero-order chi connectivity index (χ0) is 11.0. The fourth-order valence-electron chi connectivity index (χ4n) is 1.28. The first-order valence-electron chi connectivity index (χ1n) is 4.77. The molecule has 4 nitrogen and oxygen atoms in total. The molecule has 1 fully saturated rings. The second-order valence-corrected chi connectivity index (χ2v) is 3.48. The van der Waals surface area contributed by atoms with E-state index < -0.39 is 5.60 Å².